The summed E-state index contributed by atoms with van der Waals surface area (Å²) in [6.45, 7) is 0. The molecule has 0 amide bonds. The Balaban J connectivity index is -0.0000000250. The summed E-state index contributed by atoms with van der Waals surface area (Å²) < 4.78 is 129. The molecule has 0 N–H and O–H groups in total. The van der Waals surface area contributed by atoms with Crippen LogP contribution in [0.15, 0.2) is 0 Å². The average molecular weight is 964 g/mol. The fourth-order valence-corrected chi connectivity index (χ4v) is 0. The Hall–Kier alpha value is 2.96. The molecule has 22 heavy (non-hydrogen) atoms. The first-order chi connectivity index (χ1) is 8.66. The van der Waals surface area contributed by atoms with Gasteiger partial charge in [-0.1, -0.05) is 0 Å². The van der Waals surface area contributed by atoms with Crippen LogP contribution in [-0.4, -0.2) is 27.3 Å². The van der Waals surface area contributed by atoms with Crippen LogP contribution in [0, 0.1) is 0 Å². The largest absolute Gasteiger partial charge is 2.00 e. The summed E-state index contributed by atoms with van der Waals surface area (Å²) in [5.74, 6) is 0. The maximum Gasteiger partial charge on any atom is 2.00 e. The predicted octanol–water partition coefficient (Wildman–Crippen LogP) is -7.53. The molecule has 3 radical (unpaired) electrons. The van der Waals surface area contributed by atoms with Crippen LogP contribution in [0.5, 0.6) is 0 Å². The molecule has 0 spiro atoms. The summed E-state index contributed by atoms with van der Waals surface area (Å²) in [5.41, 5.74) is 0. The Bertz CT molecular complexity index is 386. The molecule has 0 fully saturated rings. The first kappa shape index (κ1) is 44.4. The first-order valence-corrected chi connectivity index (χ1v) is 16.2. The third kappa shape index (κ3) is 1270. The molecule has 0 aromatic heterocycles. The maximum absolute atomic E-state index is 8.60. The van der Waals surface area contributed by atoms with E-state index in [9.17, 15) is 0 Å². The van der Waals surface area contributed by atoms with Crippen molar-refractivity contribution in [1.29, 1.82) is 0 Å². The molecule has 0 aromatic rings. The molecular formula is CrNb5O15Pb. The van der Waals surface area contributed by atoms with E-state index in [-0.39, 0.29) is 44.7 Å². The van der Waals surface area contributed by atoms with E-state index in [0.29, 0.717) is 0 Å². The van der Waals surface area contributed by atoms with Gasteiger partial charge in [0.05, 0.1) is 0 Å². The van der Waals surface area contributed by atoms with Crippen LogP contribution in [0.4, 0.5) is 0 Å². The average Bonchev–Trinajstić information content (AvgIpc) is 1.94. The summed E-state index contributed by atoms with van der Waals surface area (Å²) in [6, 6.07) is 0. The van der Waals surface area contributed by atoms with Crippen LogP contribution in [0.1, 0.15) is 0 Å². The van der Waals surface area contributed by atoms with Gasteiger partial charge in [-0.2, -0.15) is 0 Å². The number of hydrogen-bond acceptors (Lipinski definition) is 15. The van der Waals surface area contributed by atoms with Crippen LogP contribution < -0.4 is 18.1 Å². The Morgan fingerprint density at radius 1 is 0.364 bits per heavy atom. The van der Waals surface area contributed by atoms with E-state index in [2.05, 4.69) is 0 Å². The van der Waals surface area contributed by atoms with E-state index in [4.69, 9.17) is 50.6 Å². The van der Waals surface area contributed by atoms with Gasteiger partial charge in [0.2, 0.25) is 0 Å². The summed E-state index contributed by atoms with van der Waals surface area (Å²) in [5, 5.41) is 0. The van der Waals surface area contributed by atoms with Crippen LogP contribution in [0.2, 0.25) is 0 Å². The van der Waals surface area contributed by atoms with E-state index < -0.39 is 93.9 Å². The van der Waals surface area contributed by atoms with Gasteiger partial charge in [-0.3, -0.25) is 0 Å². The molecule has 0 bridgehead atoms. The van der Waals surface area contributed by atoms with Crippen molar-refractivity contribution in [2.75, 3.05) is 0 Å². The van der Waals surface area contributed by atoms with E-state index >= 15 is 0 Å². The van der Waals surface area contributed by atoms with Crippen LogP contribution >= 0.6 is 0 Å². The molecule has 0 aliphatic carbocycles. The van der Waals surface area contributed by atoms with Crippen molar-refractivity contribution in [1.82, 2.24) is 0 Å². The molecule has 125 valence electrons. The molecular weight excluding hydrogens is 964 g/mol. The van der Waals surface area contributed by atoms with Crippen molar-refractivity contribution in [2.24, 2.45) is 0 Å². The van der Waals surface area contributed by atoms with Gasteiger partial charge in [0, 0.05) is 0 Å². The van der Waals surface area contributed by atoms with Gasteiger partial charge >= 0.3 is 189 Å². The fraction of sp³-hybridized carbons (Fsp3) is 0. The van der Waals surface area contributed by atoms with Crippen molar-refractivity contribution < 1.29 is 162 Å². The summed E-state index contributed by atoms with van der Waals surface area (Å²) in [6.07, 6.45) is 0. The Labute approximate surface area is 185 Å². The molecule has 0 rings (SSSR count). The predicted molar refractivity (Wildman–Crippen MR) is 12.6 cm³/mol. The molecule has 0 heterocycles. The number of rotatable bonds is 0. The second kappa shape index (κ2) is 39.2. The Morgan fingerprint density at radius 3 is 0.364 bits per heavy atom. The zero-order chi connectivity index (χ0) is 17.9. The minimum atomic E-state index is -4.20. The van der Waals surface area contributed by atoms with Crippen LogP contribution in [0.3, 0.4) is 0 Å². The molecule has 15 nitrogen and oxygen atoms in total. The minimum absolute atomic E-state index is 0. The fourth-order valence-electron chi connectivity index (χ4n) is 0. The third-order valence-corrected chi connectivity index (χ3v) is 0. The second-order valence-electron chi connectivity index (χ2n) is 1.12. The van der Waals surface area contributed by atoms with Crippen LogP contribution in [0.25, 0.3) is 0 Å². The van der Waals surface area contributed by atoms with Crippen molar-refractivity contribution in [3.05, 3.63) is 0 Å². The maximum atomic E-state index is 8.60. The van der Waals surface area contributed by atoms with Crippen molar-refractivity contribution in [3.63, 3.8) is 0 Å². The van der Waals surface area contributed by atoms with E-state index in [1.165, 1.54) is 0 Å². The number of hydrogen-bond donors (Lipinski definition) is 0. The van der Waals surface area contributed by atoms with Crippen molar-refractivity contribution >= 4 is 27.3 Å². The topological polar surface area (TPSA) is 286 Å². The van der Waals surface area contributed by atoms with Gasteiger partial charge in [0.15, 0.2) is 0 Å². The molecule has 22 heteroatoms. The zero-order valence-electron chi connectivity index (χ0n) is 9.27. The van der Waals surface area contributed by atoms with Gasteiger partial charge in [0.25, 0.3) is 0 Å². The van der Waals surface area contributed by atoms with Gasteiger partial charge < -0.3 is 0 Å². The summed E-state index contributed by atoms with van der Waals surface area (Å²) in [4.78, 5) is 0. The smallest absolute Gasteiger partial charge is 2.00 e. The SMILES string of the molecule is [Cr+3].[O]=[Nb](=[O])[O-].[O]=[Nb](=[O])[O-].[O]=[Nb](=[O])[O-].[O]=[Nb](=[O])[O-].[O]=[Nb](=[O])[O-].[Pb+2]. The molecule has 0 saturated carbocycles. The molecule has 0 unspecified atom stereocenters. The van der Waals surface area contributed by atoms with E-state index in [0.717, 1.165) is 0 Å². The zero-order valence-corrected chi connectivity index (χ0v) is 25.4. The Kier molecular flexibility index (Phi) is 79.1. The first-order valence-electron chi connectivity index (χ1n) is 2.74. The van der Waals surface area contributed by atoms with Gasteiger partial charge in [-0.05, 0) is 0 Å². The second-order valence-corrected chi connectivity index (χ2v) is 6.61. The van der Waals surface area contributed by atoms with Crippen LogP contribution in [-0.2, 0) is 144 Å². The normalized spacial score (nSPS) is 5.68. The summed E-state index contributed by atoms with van der Waals surface area (Å²) >= 11 is -21.0. The van der Waals surface area contributed by atoms with E-state index in [1.807, 2.05) is 0 Å². The molecule has 0 saturated heterocycles. The monoisotopic (exact) mass is 964 g/mol. The van der Waals surface area contributed by atoms with Gasteiger partial charge in [0.1, 0.15) is 0 Å². The molecule has 0 aliphatic rings. The third-order valence-electron chi connectivity index (χ3n) is 0. The van der Waals surface area contributed by atoms with Gasteiger partial charge in [-0.25, -0.2) is 0 Å². The Morgan fingerprint density at radius 2 is 0.364 bits per heavy atom. The van der Waals surface area contributed by atoms with E-state index in [1.54, 1.807) is 0 Å². The molecule has 0 atom stereocenters. The molecule has 0 aliphatic heterocycles. The quantitative estimate of drug-likeness (QED) is 0.204. The minimum Gasteiger partial charge on any atom is 2.00 e. The van der Waals surface area contributed by atoms with Gasteiger partial charge in [-0.15, -0.1) is 0 Å². The van der Waals surface area contributed by atoms with Crippen molar-refractivity contribution in [2.45, 2.75) is 0 Å². The standard InChI is InChI=1S/Cr.5Nb.15O.Pb/q+3;;;;;;;;;;;;;;;;5*-1;+2. The van der Waals surface area contributed by atoms with Crippen molar-refractivity contribution in [3.8, 4) is 0 Å². The summed E-state index contributed by atoms with van der Waals surface area (Å²) in [7, 11) is 0. The molecule has 0 aromatic carbocycles.